The van der Waals surface area contributed by atoms with E-state index >= 15 is 0 Å². The van der Waals surface area contributed by atoms with Crippen molar-refractivity contribution in [2.24, 2.45) is 16.8 Å². The summed E-state index contributed by atoms with van der Waals surface area (Å²) < 4.78 is 4.92. The van der Waals surface area contributed by atoms with Gasteiger partial charge in [-0.05, 0) is 36.8 Å². The molecule has 0 aromatic heterocycles. The summed E-state index contributed by atoms with van der Waals surface area (Å²) in [4.78, 5) is 16.6. The largest absolute Gasteiger partial charge is 0.462 e. The maximum Gasteiger partial charge on any atom is 0.327 e. The number of nitriles is 1. The molecule has 6 nitrogen and oxygen atoms in total. The maximum absolute atomic E-state index is 12.0. The Balaban J connectivity index is 2.80. The smallest absolute Gasteiger partial charge is 0.327 e. The number of unbranched alkanes of at least 4 members (excludes halogenated alkanes) is 1. The van der Waals surface area contributed by atoms with Crippen LogP contribution in [0, 0.1) is 23.2 Å². The number of allylic oxidation sites excluding steroid dienone is 1. The predicted octanol–water partition coefficient (Wildman–Crippen LogP) is 1.62. The lowest BCUT2D eigenvalue weighted by molar-refractivity contribution is -0.149. The third-order valence-corrected chi connectivity index (χ3v) is 3.68. The van der Waals surface area contributed by atoms with Gasteiger partial charge in [-0.15, -0.1) is 0 Å². The molecule has 0 fully saturated rings. The number of carbonyl (C=O) groups is 1. The zero-order chi connectivity index (χ0) is 17.2. The van der Waals surface area contributed by atoms with Gasteiger partial charge in [-0.25, -0.2) is 0 Å². The van der Waals surface area contributed by atoms with Gasteiger partial charge in [0.1, 0.15) is 12.7 Å². The van der Waals surface area contributed by atoms with Gasteiger partial charge < -0.3 is 14.9 Å². The minimum absolute atomic E-state index is 0.312. The summed E-state index contributed by atoms with van der Waals surface area (Å²) >= 11 is 0. The molecular formula is C17H26N2O4. The van der Waals surface area contributed by atoms with E-state index in [4.69, 9.17) is 9.84 Å². The second-order valence-electron chi connectivity index (χ2n) is 5.99. The summed E-state index contributed by atoms with van der Waals surface area (Å²) in [6.45, 7) is 4.13. The fourth-order valence-corrected chi connectivity index (χ4v) is 2.46. The topological polar surface area (TPSA) is 103 Å². The Morgan fingerprint density at radius 3 is 2.91 bits per heavy atom. The highest BCUT2D eigenvalue weighted by Gasteiger charge is 2.29. The lowest BCUT2D eigenvalue weighted by atomic mass is 9.83. The molecule has 1 rings (SSSR count). The number of aliphatic hydroxyl groups is 2. The molecule has 1 aliphatic carbocycles. The van der Waals surface area contributed by atoms with Gasteiger partial charge in [-0.1, -0.05) is 20.3 Å². The van der Waals surface area contributed by atoms with E-state index in [-0.39, 0.29) is 6.61 Å². The van der Waals surface area contributed by atoms with Crippen LogP contribution in [0.4, 0.5) is 0 Å². The highest BCUT2D eigenvalue weighted by atomic mass is 16.5. The van der Waals surface area contributed by atoms with E-state index < -0.39 is 24.6 Å². The van der Waals surface area contributed by atoms with Crippen LogP contribution in [0.25, 0.3) is 0 Å². The van der Waals surface area contributed by atoms with Gasteiger partial charge in [0.25, 0.3) is 0 Å². The number of nitrogens with zero attached hydrogens (tertiary/aromatic N) is 2. The molecule has 0 saturated carbocycles. The standard InChI is InChI=1S/C17H26N2O4/c1-3-4-5-19-14-7-12(2)6-13(8-14)16(9-18)17(22)23-11-15(21)10-20/h8,12,15-16,20-21H,3-7,10-11H2,1-2H3. The number of aliphatic hydroxyl groups excluding tert-OH is 2. The molecule has 0 bridgehead atoms. The summed E-state index contributed by atoms with van der Waals surface area (Å²) in [6.07, 6.45) is 4.32. The summed E-state index contributed by atoms with van der Waals surface area (Å²) in [5.74, 6) is -1.35. The summed E-state index contributed by atoms with van der Waals surface area (Å²) in [5, 5.41) is 27.3. The lowest BCUT2D eigenvalue weighted by Gasteiger charge is -2.23. The van der Waals surface area contributed by atoms with Crippen LogP contribution in [0.3, 0.4) is 0 Å². The first kappa shape index (κ1) is 19.3. The molecule has 0 amide bonds. The maximum atomic E-state index is 12.0. The Morgan fingerprint density at radius 1 is 1.57 bits per heavy atom. The van der Waals surface area contributed by atoms with Crippen molar-refractivity contribution in [1.82, 2.24) is 0 Å². The van der Waals surface area contributed by atoms with Crippen molar-refractivity contribution in [3.63, 3.8) is 0 Å². The Hall–Kier alpha value is -1.71. The number of hydrogen-bond donors (Lipinski definition) is 2. The number of hydrogen-bond acceptors (Lipinski definition) is 6. The van der Waals surface area contributed by atoms with Gasteiger partial charge in [0, 0.05) is 12.3 Å². The van der Waals surface area contributed by atoms with Crippen molar-refractivity contribution in [2.45, 2.75) is 45.6 Å². The van der Waals surface area contributed by atoms with Crippen molar-refractivity contribution in [2.75, 3.05) is 19.8 Å². The molecule has 23 heavy (non-hydrogen) atoms. The van der Waals surface area contributed by atoms with Gasteiger partial charge in [0.2, 0.25) is 0 Å². The number of ether oxygens (including phenoxy) is 1. The monoisotopic (exact) mass is 322 g/mol. The number of aliphatic imine (C=N–C) groups is 1. The molecule has 0 aliphatic heterocycles. The van der Waals surface area contributed by atoms with Crippen LogP contribution in [-0.2, 0) is 9.53 Å². The van der Waals surface area contributed by atoms with Crippen LogP contribution in [0.5, 0.6) is 0 Å². The normalized spacial score (nSPS) is 22.1. The van der Waals surface area contributed by atoms with Gasteiger partial charge in [0.15, 0.2) is 5.92 Å². The number of rotatable bonds is 8. The van der Waals surface area contributed by atoms with E-state index in [0.717, 1.165) is 31.5 Å². The second-order valence-corrected chi connectivity index (χ2v) is 5.99. The van der Waals surface area contributed by atoms with Gasteiger partial charge >= 0.3 is 5.97 Å². The van der Waals surface area contributed by atoms with E-state index in [0.29, 0.717) is 17.9 Å². The molecule has 1 aliphatic rings. The first-order valence-corrected chi connectivity index (χ1v) is 8.10. The van der Waals surface area contributed by atoms with E-state index in [1.165, 1.54) is 0 Å². The van der Waals surface area contributed by atoms with Crippen molar-refractivity contribution in [1.29, 1.82) is 5.26 Å². The lowest BCUT2D eigenvalue weighted by Crippen LogP contribution is -2.27. The number of esters is 1. The Morgan fingerprint density at radius 2 is 2.30 bits per heavy atom. The Bertz CT molecular complexity index is 493. The van der Waals surface area contributed by atoms with Crippen LogP contribution in [0.15, 0.2) is 16.6 Å². The van der Waals surface area contributed by atoms with E-state index in [2.05, 4.69) is 18.8 Å². The average Bonchev–Trinajstić information content (AvgIpc) is 2.53. The Kier molecular flexibility index (Phi) is 8.52. The fraction of sp³-hybridized carbons (Fsp3) is 0.706. The van der Waals surface area contributed by atoms with Crippen molar-refractivity contribution >= 4 is 11.7 Å². The Labute approximate surface area is 137 Å². The van der Waals surface area contributed by atoms with Crippen LogP contribution >= 0.6 is 0 Å². The van der Waals surface area contributed by atoms with Crippen molar-refractivity contribution in [3.8, 4) is 6.07 Å². The molecule has 128 valence electrons. The summed E-state index contributed by atoms with van der Waals surface area (Å²) in [6, 6.07) is 1.98. The van der Waals surface area contributed by atoms with Gasteiger partial charge in [0.05, 0.1) is 12.7 Å². The van der Waals surface area contributed by atoms with Crippen LogP contribution < -0.4 is 0 Å². The van der Waals surface area contributed by atoms with E-state index in [1.54, 1.807) is 0 Å². The zero-order valence-electron chi connectivity index (χ0n) is 13.9. The quantitative estimate of drug-likeness (QED) is 0.522. The fourth-order valence-electron chi connectivity index (χ4n) is 2.46. The van der Waals surface area contributed by atoms with Crippen LogP contribution in [0.2, 0.25) is 0 Å². The van der Waals surface area contributed by atoms with Crippen molar-refractivity contribution in [3.05, 3.63) is 11.6 Å². The highest BCUT2D eigenvalue weighted by molar-refractivity contribution is 5.97. The minimum Gasteiger partial charge on any atom is -0.462 e. The molecule has 2 N–H and O–H groups in total. The van der Waals surface area contributed by atoms with E-state index in [9.17, 15) is 15.2 Å². The molecular weight excluding hydrogens is 296 g/mol. The van der Waals surface area contributed by atoms with E-state index in [1.807, 2.05) is 12.1 Å². The molecule has 0 saturated heterocycles. The predicted molar refractivity (Wildman–Crippen MR) is 86.8 cm³/mol. The molecule has 0 radical (unpaired) electrons. The zero-order valence-corrected chi connectivity index (χ0v) is 13.9. The summed E-state index contributed by atoms with van der Waals surface area (Å²) in [7, 11) is 0. The first-order chi connectivity index (χ1) is 11.0. The molecule has 6 heteroatoms. The molecule has 3 atom stereocenters. The van der Waals surface area contributed by atoms with Crippen LogP contribution in [-0.4, -0.2) is 47.8 Å². The summed E-state index contributed by atoms with van der Waals surface area (Å²) in [5.41, 5.74) is 1.64. The van der Waals surface area contributed by atoms with Gasteiger partial charge in [-0.3, -0.25) is 9.79 Å². The molecule has 0 spiro atoms. The molecule has 0 heterocycles. The highest BCUT2D eigenvalue weighted by Crippen LogP contribution is 2.28. The molecule has 3 unspecified atom stereocenters. The third-order valence-electron chi connectivity index (χ3n) is 3.68. The van der Waals surface area contributed by atoms with Crippen LogP contribution in [0.1, 0.15) is 39.5 Å². The minimum atomic E-state index is -1.12. The molecule has 0 aromatic carbocycles. The SMILES string of the molecule is CCCCN=C1C=C(C(C#N)C(=O)OCC(O)CO)CC(C)C1. The molecule has 0 aromatic rings. The average molecular weight is 322 g/mol. The van der Waals surface area contributed by atoms with Gasteiger partial charge in [-0.2, -0.15) is 5.26 Å². The second kappa shape index (κ2) is 10.1. The number of carbonyl (C=O) groups excluding carboxylic acids is 1. The third kappa shape index (κ3) is 6.51. The van der Waals surface area contributed by atoms with Crippen molar-refractivity contribution < 1.29 is 19.7 Å². The first-order valence-electron chi connectivity index (χ1n) is 8.10.